The van der Waals surface area contributed by atoms with Gasteiger partial charge in [0.1, 0.15) is 12.2 Å². The topological polar surface area (TPSA) is 18.5 Å². The fourth-order valence-corrected chi connectivity index (χ4v) is 0.796. The van der Waals surface area contributed by atoms with Gasteiger partial charge in [0.15, 0.2) is 0 Å². The van der Waals surface area contributed by atoms with Crippen molar-refractivity contribution in [1.82, 2.24) is 0 Å². The summed E-state index contributed by atoms with van der Waals surface area (Å²) < 4.78 is 9.76. The molecule has 0 rings (SSSR count). The van der Waals surface area contributed by atoms with E-state index in [0.717, 1.165) is 12.8 Å². The van der Waals surface area contributed by atoms with E-state index in [1.807, 2.05) is 0 Å². The fraction of sp³-hybridized carbons (Fsp3) is 1.00. The molecule has 0 aliphatic heterocycles. The van der Waals surface area contributed by atoms with Crippen LogP contribution in [0, 0.1) is 0 Å². The van der Waals surface area contributed by atoms with Crippen molar-refractivity contribution in [2.75, 3.05) is 13.9 Å². The van der Waals surface area contributed by atoms with E-state index >= 15 is 0 Å². The van der Waals surface area contributed by atoms with Crippen LogP contribution in [0.2, 0.25) is 0 Å². The largest absolute Gasteiger partial charge is 0.359 e. The van der Waals surface area contributed by atoms with Crippen LogP contribution >= 0.6 is 12.6 Å². The standard InChI is InChI=1S/C6H14O2S/c1-3-4-6(9)8-5-7-2/h6,9H,3-5H2,1-2H3. The third kappa shape index (κ3) is 6.15. The second-order valence-electron chi connectivity index (χ2n) is 1.82. The molecule has 9 heavy (non-hydrogen) atoms. The lowest BCUT2D eigenvalue weighted by molar-refractivity contribution is -0.0430. The monoisotopic (exact) mass is 150 g/mol. The van der Waals surface area contributed by atoms with Crippen molar-refractivity contribution in [3.8, 4) is 0 Å². The van der Waals surface area contributed by atoms with Gasteiger partial charge in [0.2, 0.25) is 0 Å². The second kappa shape index (κ2) is 6.39. The van der Waals surface area contributed by atoms with Gasteiger partial charge in [-0.1, -0.05) is 13.3 Å². The molecule has 0 amide bonds. The molecule has 0 aromatic rings. The van der Waals surface area contributed by atoms with E-state index < -0.39 is 0 Å². The van der Waals surface area contributed by atoms with Gasteiger partial charge in [-0.2, -0.15) is 0 Å². The normalized spacial score (nSPS) is 13.7. The summed E-state index contributed by atoms with van der Waals surface area (Å²) in [7, 11) is 1.60. The molecule has 1 atom stereocenters. The first-order valence-corrected chi connectivity index (χ1v) is 3.61. The highest BCUT2D eigenvalue weighted by Crippen LogP contribution is 2.04. The third-order valence-electron chi connectivity index (χ3n) is 0.914. The first kappa shape index (κ1) is 9.27. The van der Waals surface area contributed by atoms with E-state index in [4.69, 9.17) is 4.74 Å². The van der Waals surface area contributed by atoms with Crippen molar-refractivity contribution in [2.24, 2.45) is 0 Å². The Labute approximate surface area is 61.9 Å². The minimum absolute atomic E-state index is 0.0370. The molecular formula is C6H14O2S. The minimum atomic E-state index is 0.0370. The van der Waals surface area contributed by atoms with Crippen LogP contribution in [0.25, 0.3) is 0 Å². The Hall–Kier alpha value is 0.270. The molecule has 0 saturated carbocycles. The number of ether oxygens (including phenoxy) is 2. The van der Waals surface area contributed by atoms with Crippen LogP contribution in [0.1, 0.15) is 19.8 Å². The maximum absolute atomic E-state index is 5.07. The first-order chi connectivity index (χ1) is 4.31. The number of methoxy groups -OCH3 is 1. The SMILES string of the molecule is CCCC(S)OCOC. The number of hydrogen-bond donors (Lipinski definition) is 1. The summed E-state index contributed by atoms with van der Waals surface area (Å²) in [5, 5.41) is 0. The molecule has 0 saturated heterocycles. The summed E-state index contributed by atoms with van der Waals surface area (Å²) in [5.41, 5.74) is 0.0370. The number of rotatable bonds is 5. The Kier molecular flexibility index (Phi) is 6.58. The van der Waals surface area contributed by atoms with E-state index in [1.54, 1.807) is 7.11 Å². The zero-order valence-corrected chi connectivity index (χ0v) is 6.86. The molecule has 0 fully saturated rings. The maximum atomic E-state index is 5.07. The van der Waals surface area contributed by atoms with E-state index in [0.29, 0.717) is 6.79 Å². The van der Waals surface area contributed by atoms with Crippen LogP contribution in [-0.2, 0) is 9.47 Å². The van der Waals surface area contributed by atoms with E-state index in [1.165, 1.54) is 0 Å². The predicted molar refractivity (Wildman–Crippen MR) is 40.6 cm³/mol. The predicted octanol–water partition coefficient (Wildman–Crippen LogP) is 1.66. The average molecular weight is 150 g/mol. The maximum Gasteiger partial charge on any atom is 0.147 e. The molecule has 0 bridgehead atoms. The molecule has 0 spiro atoms. The smallest absolute Gasteiger partial charge is 0.147 e. The van der Waals surface area contributed by atoms with Crippen molar-refractivity contribution in [2.45, 2.75) is 25.2 Å². The fourth-order valence-electron chi connectivity index (χ4n) is 0.477. The molecule has 0 aliphatic rings. The Bertz CT molecular complexity index is 59.0. The van der Waals surface area contributed by atoms with Gasteiger partial charge in [0.25, 0.3) is 0 Å². The molecular weight excluding hydrogens is 136 g/mol. The Morgan fingerprint density at radius 2 is 2.22 bits per heavy atom. The van der Waals surface area contributed by atoms with E-state index in [2.05, 4.69) is 24.3 Å². The van der Waals surface area contributed by atoms with Crippen LogP contribution in [0.4, 0.5) is 0 Å². The van der Waals surface area contributed by atoms with Gasteiger partial charge < -0.3 is 9.47 Å². The summed E-state index contributed by atoms with van der Waals surface area (Å²) in [5.74, 6) is 0. The summed E-state index contributed by atoms with van der Waals surface area (Å²) >= 11 is 4.14. The van der Waals surface area contributed by atoms with Crippen molar-refractivity contribution >= 4 is 12.6 Å². The molecule has 2 nitrogen and oxygen atoms in total. The van der Waals surface area contributed by atoms with Gasteiger partial charge in [-0.05, 0) is 6.42 Å². The molecule has 0 aromatic carbocycles. The molecule has 0 aliphatic carbocycles. The van der Waals surface area contributed by atoms with Crippen molar-refractivity contribution in [3.05, 3.63) is 0 Å². The van der Waals surface area contributed by atoms with E-state index in [9.17, 15) is 0 Å². The molecule has 0 heterocycles. The van der Waals surface area contributed by atoms with Crippen molar-refractivity contribution in [1.29, 1.82) is 0 Å². The lowest BCUT2D eigenvalue weighted by Gasteiger charge is -2.08. The number of hydrogen-bond acceptors (Lipinski definition) is 3. The van der Waals surface area contributed by atoms with Gasteiger partial charge in [0, 0.05) is 7.11 Å². The summed E-state index contributed by atoms with van der Waals surface area (Å²) in [6.07, 6.45) is 2.07. The molecule has 0 aromatic heterocycles. The molecule has 56 valence electrons. The lowest BCUT2D eigenvalue weighted by Crippen LogP contribution is -2.06. The zero-order chi connectivity index (χ0) is 7.11. The summed E-state index contributed by atoms with van der Waals surface area (Å²) in [6.45, 7) is 2.44. The molecule has 0 N–H and O–H groups in total. The average Bonchev–Trinajstić information content (AvgIpc) is 1.85. The van der Waals surface area contributed by atoms with Gasteiger partial charge in [0.05, 0.1) is 0 Å². The van der Waals surface area contributed by atoms with Gasteiger partial charge in [-0.3, -0.25) is 0 Å². The summed E-state index contributed by atoms with van der Waals surface area (Å²) in [4.78, 5) is 0. The molecule has 3 heteroatoms. The lowest BCUT2D eigenvalue weighted by atomic mass is 10.4. The van der Waals surface area contributed by atoms with Crippen LogP contribution in [0.3, 0.4) is 0 Å². The highest BCUT2D eigenvalue weighted by Gasteiger charge is 1.98. The second-order valence-corrected chi connectivity index (χ2v) is 2.39. The Morgan fingerprint density at radius 3 is 2.67 bits per heavy atom. The van der Waals surface area contributed by atoms with Crippen LogP contribution in [0.5, 0.6) is 0 Å². The van der Waals surface area contributed by atoms with Gasteiger partial charge >= 0.3 is 0 Å². The van der Waals surface area contributed by atoms with Crippen molar-refractivity contribution < 1.29 is 9.47 Å². The number of thiol groups is 1. The third-order valence-corrected chi connectivity index (χ3v) is 1.32. The highest BCUT2D eigenvalue weighted by molar-refractivity contribution is 7.80. The van der Waals surface area contributed by atoms with Gasteiger partial charge in [-0.15, -0.1) is 12.6 Å². The Morgan fingerprint density at radius 1 is 1.56 bits per heavy atom. The quantitative estimate of drug-likeness (QED) is 0.474. The zero-order valence-electron chi connectivity index (χ0n) is 5.96. The van der Waals surface area contributed by atoms with Crippen LogP contribution < -0.4 is 0 Å². The molecule has 0 radical (unpaired) electrons. The van der Waals surface area contributed by atoms with Crippen LogP contribution in [0.15, 0.2) is 0 Å². The highest BCUT2D eigenvalue weighted by atomic mass is 32.1. The molecule has 1 unspecified atom stereocenters. The van der Waals surface area contributed by atoms with Crippen LogP contribution in [-0.4, -0.2) is 19.3 Å². The van der Waals surface area contributed by atoms with Crippen molar-refractivity contribution in [3.63, 3.8) is 0 Å². The summed E-state index contributed by atoms with van der Waals surface area (Å²) in [6, 6.07) is 0. The Balaban J connectivity index is 2.95. The minimum Gasteiger partial charge on any atom is -0.359 e. The van der Waals surface area contributed by atoms with E-state index in [-0.39, 0.29) is 5.44 Å². The van der Waals surface area contributed by atoms with Gasteiger partial charge in [-0.25, -0.2) is 0 Å². The first-order valence-electron chi connectivity index (χ1n) is 3.09.